The van der Waals surface area contributed by atoms with Crippen LogP contribution in [0.5, 0.6) is 11.6 Å². The molecule has 15 heteroatoms. The second kappa shape index (κ2) is 17.1. The van der Waals surface area contributed by atoms with Gasteiger partial charge in [-0.15, -0.1) is 21.5 Å². The number of phenols is 1. The Morgan fingerprint density at radius 3 is 2.52 bits per heavy atom. The van der Waals surface area contributed by atoms with Gasteiger partial charge < -0.3 is 34.7 Å². The van der Waals surface area contributed by atoms with Crippen LogP contribution in [0.2, 0.25) is 0 Å². The number of aryl methyl sites for hydroxylation is 2. The summed E-state index contributed by atoms with van der Waals surface area (Å²) in [6, 6.07) is 17.8. The van der Waals surface area contributed by atoms with Crippen molar-refractivity contribution in [3.05, 3.63) is 94.4 Å². The fraction of sp³-hybridized carbons (Fsp3) is 0.422. The third-order valence-electron chi connectivity index (χ3n) is 12.2. The molecule has 314 valence electrons. The molecule has 8 rings (SSSR count). The molecular formula is C45H52N8O6S. The summed E-state index contributed by atoms with van der Waals surface area (Å²) in [7, 11) is 0. The number of para-hydroxylation sites is 1. The number of nitrogens with one attached hydrogen (secondary N) is 2. The Labute approximate surface area is 353 Å². The lowest BCUT2D eigenvalue weighted by Crippen LogP contribution is -2.49. The van der Waals surface area contributed by atoms with Crippen LogP contribution in [-0.2, 0) is 9.59 Å². The van der Waals surface area contributed by atoms with Crippen molar-refractivity contribution in [3.63, 3.8) is 0 Å². The highest BCUT2D eigenvalue weighted by molar-refractivity contribution is 7.13. The number of aliphatic hydroxyl groups is 1. The monoisotopic (exact) mass is 832 g/mol. The van der Waals surface area contributed by atoms with E-state index in [9.17, 15) is 19.8 Å². The maximum Gasteiger partial charge on any atom is 0.254 e. The van der Waals surface area contributed by atoms with E-state index in [2.05, 4.69) is 42.5 Å². The number of likely N-dealkylation sites (tertiary alicyclic amines) is 2. The first kappa shape index (κ1) is 41.1. The van der Waals surface area contributed by atoms with Gasteiger partial charge in [0.1, 0.15) is 24.2 Å². The van der Waals surface area contributed by atoms with Gasteiger partial charge in [-0.1, -0.05) is 57.2 Å². The zero-order chi connectivity index (χ0) is 42.2. The smallest absolute Gasteiger partial charge is 0.254 e. The number of ether oxygens (including phenoxy) is 1. The number of rotatable bonds is 14. The summed E-state index contributed by atoms with van der Waals surface area (Å²) in [6.07, 6.45) is -0.633. The largest absolute Gasteiger partial charge is 0.507 e. The second-order valence-electron chi connectivity index (χ2n) is 16.6. The topological polar surface area (TPSA) is 183 Å². The number of amides is 2. The number of β-amino-alcohol motifs (C(OH)–C–C–N with tert-alkyl or cyclic N) is 1. The number of thiazole rings is 1. The Balaban J connectivity index is 0.841. The SMILES string of the molecule is Cc1ncsc1-c1ccc([C@H](C)NC(=O)[C@@H]2C[C@@H](O)CN2C(=O)[C@@H](C)C(c2cc(OCCN3CC(c4[nH]c5nnc(-c6ccccc6O)cc5c4C)C3)no2)C(C)C)cc1. The summed E-state index contributed by atoms with van der Waals surface area (Å²) in [5, 5.41) is 38.0. The molecule has 1 unspecified atom stereocenters. The Morgan fingerprint density at radius 1 is 1.03 bits per heavy atom. The summed E-state index contributed by atoms with van der Waals surface area (Å²) >= 11 is 1.59. The van der Waals surface area contributed by atoms with Crippen LogP contribution in [-0.4, -0.2) is 102 Å². The summed E-state index contributed by atoms with van der Waals surface area (Å²) in [5.41, 5.74) is 9.11. The first-order chi connectivity index (χ1) is 28.9. The van der Waals surface area contributed by atoms with Crippen LogP contribution in [0.4, 0.5) is 0 Å². The number of aliphatic hydroxyl groups excluding tert-OH is 1. The number of aromatic amines is 1. The van der Waals surface area contributed by atoms with E-state index >= 15 is 0 Å². The van der Waals surface area contributed by atoms with Gasteiger partial charge in [0.05, 0.1) is 33.9 Å². The molecule has 4 aromatic heterocycles. The van der Waals surface area contributed by atoms with Gasteiger partial charge >= 0.3 is 0 Å². The van der Waals surface area contributed by atoms with Crippen LogP contribution in [0.15, 0.2) is 70.7 Å². The van der Waals surface area contributed by atoms with Crippen LogP contribution >= 0.6 is 11.3 Å². The number of fused-ring (bicyclic) bond motifs is 1. The molecule has 2 amide bonds. The Bertz CT molecular complexity index is 2470. The molecule has 14 nitrogen and oxygen atoms in total. The number of hydrogen-bond acceptors (Lipinski definition) is 12. The van der Waals surface area contributed by atoms with Crippen LogP contribution in [0, 0.1) is 25.7 Å². The minimum atomic E-state index is -0.802. The van der Waals surface area contributed by atoms with Gasteiger partial charge in [-0.25, -0.2) is 4.98 Å². The Hall–Kier alpha value is -5.64. The van der Waals surface area contributed by atoms with Crippen molar-refractivity contribution < 1.29 is 29.1 Å². The van der Waals surface area contributed by atoms with Crippen molar-refractivity contribution in [2.75, 3.05) is 32.8 Å². The number of aromatic hydroxyl groups is 1. The van der Waals surface area contributed by atoms with Crippen molar-refractivity contribution in [3.8, 4) is 33.3 Å². The second-order valence-corrected chi connectivity index (χ2v) is 17.5. The average Bonchev–Trinajstić information content (AvgIpc) is 4.02. The standard InChI is InChI=1S/C45H52N8O6S/c1-24(2)40(26(4)45(57)53-22-32(54)17-36(53)44(56)47-27(5)29-11-13-30(14-12-29)42-28(6)46-23-60-42)38-19-39(51-59-38)58-16-15-52-20-31(21-52)41-25(3)34-18-35(49-50-43(34)48-41)33-9-7-8-10-37(33)55/h7-14,18-19,23-24,26-27,31-32,36,40,54-55H,15-17,20-22H2,1-6H3,(H,47,56)(H,48,50)/t26-,27-,32+,36-,40?/m0/s1. The molecule has 0 bridgehead atoms. The van der Waals surface area contributed by atoms with Crippen molar-refractivity contribution in [1.82, 2.24) is 40.4 Å². The molecule has 2 saturated heterocycles. The van der Waals surface area contributed by atoms with Gasteiger partial charge in [0.25, 0.3) is 5.88 Å². The van der Waals surface area contributed by atoms with Crippen molar-refractivity contribution in [2.45, 2.75) is 78.0 Å². The zero-order valence-corrected chi connectivity index (χ0v) is 35.6. The maximum atomic E-state index is 14.2. The summed E-state index contributed by atoms with van der Waals surface area (Å²) in [4.78, 5) is 40.6. The molecule has 6 aromatic rings. The molecule has 6 heterocycles. The number of carbonyl (C=O) groups excluding carboxylic acids is 2. The molecule has 2 aliphatic heterocycles. The lowest BCUT2D eigenvalue weighted by atomic mass is 9.81. The van der Waals surface area contributed by atoms with Crippen LogP contribution < -0.4 is 10.1 Å². The molecule has 2 aromatic carbocycles. The number of carbonyl (C=O) groups is 2. The molecule has 0 saturated carbocycles. The fourth-order valence-corrected chi connectivity index (χ4v) is 9.66. The summed E-state index contributed by atoms with van der Waals surface area (Å²) in [6.45, 7) is 14.8. The first-order valence-corrected chi connectivity index (χ1v) is 21.5. The molecule has 60 heavy (non-hydrogen) atoms. The van der Waals surface area contributed by atoms with E-state index in [0.717, 1.165) is 57.1 Å². The van der Waals surface area contributed by atoms with Crippen molar-refractivity contribution in [2.24, 2.45) is 11.8 Å². The molecule has 5 atom stereocenters. The van der Waals surface area contributed by atoms with Gasteiger partial charge in [0.2, 0.25) is 11.8 Å². The predicted molar refractivity (Wildman–Crippen MR) is 229 cm³/mol. The molecular weight excluding hydrogens is 781 g/mol. The average molecular weight is 833 g/mol. The summed E-state index contributed by atoms with van der Waals surface area (Å²) in [5.74, 6) is -0.00657. The minimum absolute atomic E-state index is 0.00969. The van der Waals surface area contributed by atoms with E-state index in [0.29, 0.717) is 42.0 Å². The van der Waals surface area contributed by atoms with Gasteiger partial charge in [0, 0.05) is 73.1 Å². The highest BCUT2D eigenvalue weighted by atomic mass is 32.1. The Kier molecular flexibility index (Phi) is 11.7. The number of H-pyrrole nitrogens is 1. The molecule has 0 spiro atoms. The normalized spacial score (nSPS) is 18.8. The molecule has 2 aliphatic rings. The first-order valence-electron chi connectivity index (χ1n) is 20.6. The summed E-state index contributed by atoms with van der Waals surface area (Å²) < 4.78 is 11.8. The molecule has 0 radical (unpaired) electrons. The van der Waals surface area contributed by atoms with E-state index < -0.39 is 18.1 Å². The van der Waals surface area contributed by atoms with Crippen LogP contribution in [0.1, 0.15) is 80.3 Å². The van der Waals surface area contributed by atoms with Crippen molar-refractivity contribution in [1.29, 1.82) is 0 Å². The van der Waals surface area contributed by atoms with E-state index in [1.165, 1.54) is 4.90 Å². The molecule has 0 aliphatic carbocycles. The zero-order valence-electron chi connectivity index (χ0n) is 34.8. The third-order valence-corrected chi connectivity index (χ3v) is 13.2. The van der Waals surface area contributed by atoms with E-state index in [-0.39, 0.29) is 48.4 Å². The van der Waals surface area contributed by atoms with Gasteiger partial charge in [-0.3, -0.25) is 14.5 Å². The number of phenolic OH excluding ortho intramolecular Hbond substituents is 1. The molecule has 4 N–H and O–H groups in total. The van der Waals surface area contributed by atoms with E-state index in [1.54, 1.807) is 29.5 Å². The fourth-order valence-electron chi connectivity index (χ4n) is 8.85. The quantitative estimate of drug-likeness (QED) is 0.0911. The highest BCUT2D eigenvalue weighted by Gasteiger charge is 2.43. The number of benzene rings is 2. The number of aromatic nitrogens is 5. The van der Waals surface area contributed by atoms with E-state index in [1.807, 2.05) is 82.6 Å². The third kappa shape index (κ3) is 8.25. The van der Waals surface area contributed by atoms with E-state index in [4.69, 9.17) is 9.26 Å². The van der Waals surface area contributed by atoms with Crippen LogP contribution in [0.25, 0.3) is 32.7 Å². The lowest BCUT2D eigenvalue weighted by Gasteiger charge is -2.39. The minimum Gasteiger partial charge on any atom is -0.507 e. The molecule has 2 fully saturated rings. The predicted octanol–water partition coefficient (Wildman–Crippen LogP) is 6.75. The highest BCUT2D eigenvalue weighted by Crippen LogP contribution is 2.38. The van der Waals surface area contributed by atoms with Crippen molar-refractivity contribution >= 4 is 34.2 Å². The maximum absolute atomic E-state index is 14.2. The van der Waals surface area contributed by atoms with Crippen LogP contribution in [0.3, 0.4) is 0 Å². The number of hydrogen-bond donors (Lipinski definition) is 4. The Morgan fingerprint density at radius 2 is 1.80 bits per heavy atom. The van der Waals surface area contributed by atoms with Gasteiger partial charge in [0.15, 0.2) is 5.65 Å². The van der Waals surface area contributed by atoms with Gasteiger partial charge in [-0.2, -0.15) is 0 Å². The lowest BCUT2D eigenvalue weighted by molar-refractivity contribution is -0.142. The number of nitrogens with zero attached hydrogens (tertiary/aromatic N) is 6. The van der Waals surface area contributed by atoms with Gasteiger partial charge in [-0.05, 0) is 66.7 Å².